The fourth-order valence-corrected chi connectivity index (χ4v) is 1.00. The van der Waals surface area contributed by atoms with Gasteiger partial charge in [-0.2, -0.15) is 0 Å². The molecule has 0 bridgehead atoms. The Kier molecular flexibility index (Phi) is 3.41. The second kappa shape index (κ2) is 4.58. The average molecular weight is 175 g/mol. The Morgan fingerprint density at radius 1 is 1.54 bits per heavy atom. The van der Waals surface area contributed by atoms with Gasteiger partial charge in [0.15, 0.2) is 0 Å². The number of nitrogens with zero attached hydrogens (tertiary/aromatic N) is 2. The molecule has 0 saturated carbocycles. The van der Waals surface area contributed by atoms with Crippen molar-refractivity contribution in [3.05, 3.63) is 23.8 Å². The highest BCUT2D eigenvalue weighted by molar-refractivity contribution is 5.15. The SMILES string of the molecule is C#CC(NCC)c1cnc(C)cn1. The molecule has 0 saturated heterocycles. The Labute approximate surface area is 78.6 Å². The molecule has 0 spiro atoms. The van der Waals surface area contributed by atoms with Gasteiger partial charge in [0.05, 0.1) is 17.6 Å². The predicted molar refractivity (Wildman–Crippen MR) is 52.0 cm³/mol. The lowest BCUT2D eigenvalue weighted by molar-refractivity contribution is 0.645. The van der Waals surface area contributed by atoms with Crippen molar-refractivity contribution in [2.75, 3.05) is 6.54 Å². The van der Waals surface area contributed by atoms with E-state index in [-0.39, 0.29) is 6.04 Å². The van der Waals surface area contributed by atoms with Crippen LogP contribution in [0.1, 0.15) is 24.4 Å². The largest absolute Gasteiger partial charge is 0.299 e. The van der Waals surface area contributed by atoms with E-state index in [2.05, 4.69) is 21.2 Å². The van der Waals surface area contributed by atoms with Crippen LogP contribution >= 0.6 is 0 Å². The molecule has 13 heavy (non-hydrogen) atoms. The highest BCUT2D eigenvalue weighted by atomic mass is 14.9. The highest BCUT2D eigenvalue weighted by Crippen LogP contribution is 2.06. The number of hydrogen-bond donors (Lipinski definition) is 1. The molecule has 0 radical (unpaired) electrons. The van der Waals surface area contributed by atoms with Gasteiger partial charge in [0.25, 0.3) is 0 Å². The lowest BCUT2D eigenvalue weighted by Crippen LogP contribution is -2.20. The number of nitrogens with one attached hydrogen (secondary N) is 1. The molecule has 3 nitrogen and oxygen atoms in total. The zero-order chi connectivity index (χ0) is 9.68. The quantitative estimate of drug-likeness (QED) is 0.698. The molecule has 1 heterocycles. The van der Waals surface area contributed by atoms with Gasteiger partial charge < -0.3 is 0 Å². The van der Waals surface area contributed by atoms with Gasteiger partial charge in [-0.05, 0) is 13.5 Å². The third-order valence-corrected chi connectivity index (χ3v) is 1.67. The fraction of sp³-hybridized carbons (Fsp3) is 0.400. The van der Waals surface area contributed by atoms with Crippen LogP contribution in [0.5, 0.6) is 0 Å². The van der Waals surface area contributed by atoms with Crippen LogP contribution in [0.15, 0.2) is 12.4 Å². The molecule has 0 amide bonds. The Balaban J connectivity index is 2.81. The Morgan fingerprint density at radius 3 is 2.77 bits per heavy atom. The first kappa shape index (κ1) is 9.69. The molecule has 1 atom stereocenters. The van der Waals surface area contributed by atoms with Gasteiger partial charge in [-0.1, -0.05) is 12.8 Å². The van der Waals surface area contributed by atoms with Crippen LogP contribution in [0.3, 0.4) is 0 Å². The molecule has 1 rings (SSSR count). The molecule has 0 fully saturated rings. The van der Waals surface area contributed by atoms with Crippen molar-refractivity contribution in [3.63, 3.8) is 0 Å². The minimum atomic E-state index is -0.127. The van der Waals surface area contributed by atoms with Crippen molar-refractivity contribution < 1.29 is 0 Å². The maximum atomic E-state index is 5.35. The lowest BCUT2D eigenvalue weighted by atomic mass is 10.2. The van der Waals surface area contributed by atoms with Gasteiger partial charge in [-0.15, -0.1) is 6.42 Å². The van der Waals surface area contributed by atoms with Crippen LogP contribution in [-0.4, -0.2) is 16.5 Å². The number of aryl methyl sites for hydroxylation is 1. The highest BCUT2D eigenvalue weighted by Gasteiger charge is 2.07. The second-order valence-corrected chi connectivity index (χ2v) is 2.74. The number of terminal acetylenes is 1. The minimum absolute atomic E-state index is 0.127. The van der Waals surface area contributed by atoms with Gasteiger partial charge in [0.1, 0.15) is 6.04 Å². The van der Waals surface area contributed by atoms with Crippen molar-refractivity contribution in [1.29, 1.82) is 0 Å². The van der Waals surface area contributed by atoms with E-state index in [1.165, 1.54) is 0 Å². The average Bonchev–Trinajstić information content (AvgIpc) is 2.16. The molecular formula is C10H13N3. The van der Waals surface area contributed by atoms with Gasteiger partial charge in [-0.25, -0.2) is 0 Å². The van der Waals surface area contributed by atoms with Crippen molar-refractivity contribution >= 4 is 0 Å². The molecule has 68 valence electrons. The summed E-state index contributed by atoms with van der Waals surface area (Å²) in [6.07, 6.45) is 8.78. The van der Waals surface area contributed by atoms with E-state index in [4.69, 9.17) is 6.42 Å². The summed E-state index contributed by atoms with van der Waals surface area (Å²) < 4.78 is 0. The summed E-state index contributed by atoms with van der Waals surface area (Å²) in [6.45, 7) is 4.73. The summed E-state index contributed by atoms with van der Waals surface area (Å²) in [5.41, 5.74) is 1.70. The maximum Gasteiger partial charge on any atom is 0.113 e. The third kappa shape index (κ3) is 2.53. The first-order valence-corrected chi connectivity index (χ1v) is 4.26. The topological polar surface area (TPSA) is 37.8 Å². The van der Waals surface area contributed by atoms with Gasteiger partial charge in [0, 0.05) is 6.20 Å². The maximum absolute atomic E-state index is 5.35. The van der Waals surface area contributed by atoms with Crippen LogP contribution in [-0.2, 0) is 0 Å². The normalized spacial score (nSPS) is 12.1. The number of hydrogen-bond acceptors (Lipinski definition) is 3. The Hall–Kier alpha value is -1.40. The monoisotopic (exact) mass is 175 g/mol. The summed E-state index contributed by atoms with van der Waals surface area (Å²) in [5, 5.41) is 3.13. The summed E-state index contributed by atoms with van der Waals surface area (Å²) in [5.74, 6) is 2.63. The van der Waals surface area contributed by atoms with Crippen LogP contribution in [0.2, 0.25) is 0 Å². The minimum Gasteiger partial charge on any atom is -0.299 e. The van der Waals surface area contributed by atoms with E-state index in [9.17, 15) is 0 Å². The molecule has 1 aromatic heterocycles. The molecule has 0 aliphatic heterocycles. The molecule has 0 aliphatic rings. The molecular weight excluding hydrogens is 162 g/mol. The smallest absolute Gasteiger partial charge is 0.113 e. The van der Waals surface area contributed by atoms with Crippen LogP contribution < -0.4 is 5.32 Å². The van der Waals surface area contributed by atoms with E-state index in [0.717, 1.165) is 17.9 Å². The van der Waals surface area contributed by atoms with Crippen LogP contribution in [0.4, 0.5) is 0 Å². The first-order chi connectivity index (χ1) is 6.27. The van der Waals surface area contributed by atoms with Crippen LogP contribution in [0.25, 0.3) is 0 Å². The Bertz CT molecular complexity index is 297. The third-order valence-electron chi connectivity index (χ3n) is 1.67. The summed E-state index contributed by atoms with van der Waals surface area (Å²) in [4.78, 5) is 8.33. The predicted octanol–water partition coefficient (Wildman–Crippen LogP) is 1.07. The Morgan fingerprint density at radius 2 is 2.31 bits per heavy atom. The molecule has 1 aromatic rings. The lowest BCUT2D eigenvalue weighted by Gasteiger charge is -2.09. The van der Waals surface area contributed by atoms with Gasteiger partial charge in [-0.3, -0.25) is 15.3 Å². The number of rotatable bonds is 3. The van der Waals surface area contributed by atoms with Crippen molar-refractivity contribution in [1.82, 2.24) is 15.3 Å². The van der Waals surface area contributed by atoms with Crippen LogP contribution in [0, 0.1) is 19.3 Å². The number of aromatic nitrogens is 2. The second-order valence-electron chi connectivity index (χ2n) is 2.74. The van der Waals surface area contributed by atoms with E-state index in [1.54, 1.807) is 12.4 Å². The summed E-state index contributed by atoms with van der Waals surface area (Å²) in [6, 6.07) is -0.127. The fourth-order valence-electron chi connectivity index (χ4n) is 1.00. The van der Waals surface area contributed by atoms with Gasteiger partial charge >= 0.3 is 0 Å². The van der Waals surface area contributed by atoms with E-state index in [0.29, 0.717) is 0 Å². The zero-order valence-corrected chi connectivity index (χ0v) is 7.91. The summed E-state index contributed by atoms with van der Waals surface area (Å²) in [7, 11) is 0. The van der Waals surface area contributed by atoms with Crippen molar-refractivity contribution in [3.8, 4) is 12.3 Å². The molecule has 0 aromatic carbocycles. The van der Waals surface area contributed by atoms with Crippen molar-refractivity contribution in [2.45, 2.75) is 19.9 Å². The first-order valence-electron chi connectivity index (χ1n) is 4.26. The van der Waals surface area contributed by atoms with Gasteiger partial charge in [0.2, 0.25) is 0 Å². The zero-order valence-electron chi connectivity index (χ0n) is 7.91. The van der Waals surface area contributed by atoms with Crippen molar-refractivity contribution in [2.24, 2.45) is 0 Å². The summed E-state index contributed by atoms with van der Waals surface area (Å²) >= 11 is 0. The molecule has 1 N–H and O–H groups in total. The molecule has 0 aliphatic carbocycles. The van der Waals surface area contributed by atoms with E-state index >= 15 is 0 Å². The van der Waals surface area contributed by atoms with E-state index in [1.807, 2.05) is 13.8 Å². The molecule has 1 unspecified atom stereocenters. The molecule has 3 heteroatoms. The van der Waals surface area contributed by atoms with E-state index < -0.39 is 0 Å². The standard InChI is InChI=1S/C10H13N3/c1-4-9(11-5-2)10-7-12-8(3)6-13-10/h1,6-7,9,11H,5H2,2-3H3.